The van der Waals surface area contributed by atoms with Crippen LogP contribution in [-0.2, 0) is 9.53 Å². The van der Waals surface area contributed by atoms with Gasteiger partial charge in [0.05, 0.1) is 23.4 Å². The summed E-state index contributed by atoms with van der Waals surface area (Å²) < 4.78 is 5.32. The van der Waals surface area contributed by atoms with E-state index >= 15 is 0 Å². The Morgan fingerprint density at radius 1 is 1.06 bits per heavy atom. The number of hydrogen-bond donors (Lipinski definition) is 1. The lowest BCUT2D eigenvalue weighted by molar-refractivity contribution is -0.138. The van der Waals surface area contributed by atoms with Crippen molar-refractivity contribution in [3.63, 3.8) is 0 Å². The van der Waals surface area contributed by atoms with Gasteiger partial charge < -0.3 is 19.9 Å². The predicted octanol–water partition coefficient (Wildman–Crippen LogP) is 6.92. The van der Waals surface area contributed by atoms with Crippen molar-refractivity contribution in [2.75, 3.05) is 50.1 Å². The standard InChI is InChI=1S/C27H34Cl3N3O2/c1-18(23-7-5-21(28)14-25(23)30)31-26-15-22(6-8-24(26)29)32-12-9-20(10-13-32)27(34)33-11-3-4-19(16-33)17-35-2/h5-8,14-15,18-20,31H,3-4,9-13,16-17H2,1-2H3. The lowest BCUT2D eigenvalue weighted by Gasteiger charge is -2.38. The monoisotopic (exact) mass is 537 g/mol. The van der Waals surface area contributed by atoms with Gasteiger partial charge in [0.25, 0.3) is 0 Å². The number of likely N-dealkylation sites (tertiary alicyclic amines) is 1. The molecule has 0 aromatic heterocycles. The van der Waals surface area contributed by atoms with Crippen LogP contribution in [-0.4, -0.2) is 50.7 Å². The number of carbonyl (C=O) groups excluding carboxylic acids is 1. The van der Waals surface area contributed by atoms with E-state index in [0.717, 1.165) is 75.4 Å². The van der Waals surface area contributed by atoms with Gasteiger partial charge in [0.15, 0.2) is 0 Å². The van der Waals surface area contributed by atoms with Crippen molar-refractivity contribution in [3.05, 3.63) is 57.0 Å². The molecule has 2 aliphatic rings. The number of nitrogens with one attached hydrogen (secondary N) is 1. The van der Waals surface area contributed by atoms with Crippen molar-refractivity contribution in [2.45, 2.75) is 38.6 Å². The van der Waals surface area contributed by atoms with Crippen LogP contribution in [0.2, 0.25) is 15.1 Å². The molecular weight excluding hydrogens is 505 g/mol. The van der Waals surface area contributed by atoms with Crippen LogP contribution in [0.15, 0.2) is 36.4 Å². The lowest BCUT2D eigenvalue weighted by atomic mass is 9.92. The minimum absolute atomic E-state index is 0.0395. The van der Waals surface area contributed by atoms with Crippen LogP contribution in [0, 0.1) is 11.8 Å². The molecule has 0 bridgehead atoms. The van der Waals surface area contributed by atoms with Crippen molar-refractivity contribution in [1.29, 1.82) is 0 Å². The zero-order chi connectivity index (χ0) is 24.9. The third-order valence-electron chi connectivity index (χ3n) is 7.19. The van der Waals surface area contributed by atoms with E-state index in [1.165, 1.54) is 0 Å². The number of piperidine rings is 2. The Balaban J connectivity index is 1.37. The highest BCUT2D eigenvalue weighted by atomic mass is 35.5. The molecule has 0 saturated carbocycles. The average molecular weight is 539 g/mol. The van der Waals surface area contributed by atoms with Crippen LogP contribution in [0.25, 0.3) is 0 Å². The number of halogens is 3. The van der Waals surface area contributed by atoms with Gasteiger partial charge in [0.2, 0.25) is 5.91 Å². The molecule has 2 aliphatic heterocycles. The largest absolute Gasteiger partial charge is 0.384 e. The average Bonchev–Trinajstić information content (AvgIpc) is 2.85. The Kier molecular flexibility index (Phi) is 9.09. The van der Waals surface area contributed by atoms with Crippen molar-refractivity contribution in [3.8, 4) is 0 Å². The summed E-state index contributed by atoms with van der Waals surface area (Å²) in [5.74, 6) is 0.880. The van der Waals surface area contributed by atoms with Gasteiger partial charge >= 0.3 is 0 Å². The molecule has 0 aliphatic carbocycles. The van der Waals surface area contributed by atoms with E-state index in [1.807, 2.05) is 25.1 Å². The van der Waals surface area contributed by atoms with Gasteiger partial charge in [-0.05, 0) is 74.4 Å². The zero-order valence-electron chi connectivity index (χ0n) is 20.4. The van der Waals surface area contributed by atoms with Gasteiger partial charge in [0, 0.05) is 54.9 Å². The SMILES string of the molecule is COCC1CCCN(C(=O)C2CCN(c3ccc(Cl)c(NC(C)c4ccc(Cl)cc4Cl)c3)CC2)C1. The third kappa shape index (κ3) is 6.56. The maximum atomic E-state index is 13.2. The Morgan fingerprint density at radius 3 is 2.54 bits per heavy atom. The van der Waals surface area contributed by atoms with Crippen molar-refractivity contribution in [2.24, 2.45) is 11.8 Å². The number of methoxy groups -OCH3 is 1. The quantitative estimate of drug-likeness (QED) is 0.415. The minimum Gasteiger partial charge on any atom is -0.384 e. The summed E-state index contributed by atoms with van der Waals surface area (Å²) in [4.78, 5) is 17.6. The Morgan fingerprint density at radius 2 is 1.83 bits per heavy atom. The molecule has 8 heteroatoms. The molecule has 2 heterocycles. The van der Waals surface area contributed by atoms with E-state index in [2.05, 4.69) is 27.2 Å². The summed E-state index contributed by atoms with van der Waals surface area (Å²) in [6, 6.07) is 11.5. The predicted molar refractivity (Wildman–Crippen MR) is 146 cm³/mol. The highest BCUT2D eigenvalue weighted by Crippen LogP contribution is 2.34. The molecule has 2 aromatic rings. The van der Waals surface area contributed by atoms with Gasteiger partial charge in [-0.1, -0.05) is 40.9 Å². The van der Waals surface area contributed by atoms with Gasteiger partial charge in [-0.15, -0.1) is 0 Å². The van der Waals surface area contributed by atoms with Gasteiger partial charge in [-0.2, -0.15) is 0 Å². The Hall–Kier alpha value is -1.66. The van der Waals surface area contributed by atoms with Crippen LogP contribution in [0.4, 0.5) is 11.4 Å². The molecule has 2 unspecified atom stereocenters. The Bertz CT molecular complexity index is 1020. The molecule has 2 fully saturated rings. The fraction of sp³-hybridized carbons (Fsp3) is 0.519. The van der Waals surface area contributed by atoms with Crippen molar-refractivity contribution in [1.82, 2.24) is 4.90 Å². The van der Waals surface area contributed by atoms with E-state index < -0.39 is 0 Å². The number of ether oxygens (including phenoxy) is 1. The first kappa shape index (κ1) is 26.4. The third-order valence-corrected chi connectivity index (χ3v) is 8.09. The summed E-state index contributed by atoms with van der Waals surface area (Å²) in [5, 5.41) is 5.39. The molecule has 2 aromatic carbocycles. The highest BCUT2D eigenvalue weighted by molar-refractivity contribution is 6.35. The normalized spacial score (nSPS) is 20.1. The Labute approximate surface area is 223 Å². The second kappa shape index (κ2) is 12.1. The first-order chi connectivity index (χ1) is 16.9. The number of carbonyl (C=O) groups is 1. The molecule has 2 saturated heterocycles. The van der Waals surface area contributed by atoms with Crippen LogP contribution >= 0.6 is 34.8 Å². The van der Waals surface area contributed by atoms with Crippen LogP contribution < -0.4 is 10.2 Å². The first-order valence-electron chi connectivity index (χ1n) is 12.4. The zero-order valence-corrected chi connectivity index (χ0v) is 22.7. The van der Waals surface area contributed by atoms with Gasteiger partial charge in [-0.3, -0.25) is 4.79 Å². The molecule has 1 N–H and O–H groups in total. The van der Waals surface area contributed by atoms with E-state index in [9.17, 15) is 4.79 Å². The van der Waals surface area contributed by atoms with Crippen molar-refractivity contribution >= 4 is 52.1 Å². The molecule has 0 spiro atoms. The van der Waals surface area contributed by atoms with Crippen LogP contribution in [0.5, 0.6) is 0 Å². The van der Waals surface area contributed by atoms with Gasteiger partial charge in [-0.25, -0.2) is 0 Å². The summed E-state index contributed by atoms with van der Waals surface area (Å²) in [5.41, 5.74) is 2.93. The van der Waals surface area contributed by atoms with Gasteiger partial charge in [0.1, 0.15) is 0 Å². The fourth-order valence-electron chi connectivity index (χ4n) is 5.26. The lowest BCUT2D eigenvalue weighted by Crippen LogP contribution is -2.46. The number of anilines is 2. The van der Waals surface area contributed by atoms with E-state index in [0.29, 0.717) is 26.9 Å². The van der Waals surface area contributed by atoms with Crippen LogP contribution in [0.3, 0.4) is 0 Å². The first-order valence-corrected chi connectivity index (χ1v) is 13.5. The minimum atomic E-state index is -0.0395. The number of nitrogens with zero attached hydrogens (tertiary/aromatic N) is 2. The second-order valence-corrected chi connectivity index (χ2v) is 11.0. The van der Waals surface area contributed by atoms with E-state index in [-0.39, 0.29) is 12.0 Å². The molecule has 0 radical (unpaired) electrons. The number of hydrogen-bond acceptors (Lipinski definition) is 4. The highest BCUT2D eigenvalue weighted by Gasteiger charge is 2.31. The summed E-state index contributed by atoms with van der Waals surface area (Å²) in [6.45, 7) is 6.19. The molecule has 5 nitrogen and oxygen atoms in total. The topological polar surface area (TPSA) is 44.8 Å². The summed E-state index contributed by atoms with van der Waals surface area (Å²) in [6.07, 6.45) is 3.95. The number of benzene rings is 2. The van der Waals surface area contributed by atoms with Crippen LogP contribution in [0.1, 0.15) is 44.2 Å². The molecule has 1 amide bonds. The summed E-state index contributed by atoms with van der Waals surface area (Å²) in [7, 11) is 1.74. The maximum Gasteiger partial charge on any atom is 0.225 e. The number of amides is 1. The second-order valence-electron chi connectivity index (χ2n) is 9.71. The fourth-order valence-corrected chi connectivity index (χ4v) is 6.01. The summed E-state index contributed by atoms with van der Waals surface area (Å²) >= 11 is 19.0. The smallest absolute Gasteiger partial charge is 0.225 e. The molecule has 35 heavy (non-hydrogen) atoms. The number of rotatable bonds is 7. The van der Waals surface area contributed by atoms with E-state index in [4.69, 9.17) is 39.5 Å². The molecule has 4 rings (SSSR count). The maximum absolute atomic E-state index is 13.2. The van der Waals surface area contributed by atoms with Crippen molar-refractivity contribution < 1.29 is 9.53 Å². The van der Waals surface area contributed by atoms with E-state index in [1.54, 1.807) is 13.2 Å². The molecule has 2 atom stereocenters. The molecule has 190 valence electrons. The molecular formula is C27H34Cl3N3O2.